The average Bonchev–Trinajstić information content (AvgIpc) is 3.40. The molecule has 248 valence electrons. The number of nitrogens with one attached hydrogen (secondary N) is 1. The number of nitrogens with zero attached hydrogens (tertiary/aromatic N) is 4. The molecule has 2 saturated heterocycles. The zero-order valence-corrected chi connectivity index (χ0v) is 27.0. The monoisotopic (exact) mass is 669 g/mol. The highest BCUT2D eigenvalue weighted by molar-refractivity contribution is 7.46. The van der Waals surface area contributed by atoms with Crippen molar-refractivity contribution in [1.29, 1.82) is 0 Å². The van der Waals surface area contributed by atoms with E-state index in [9.17, 15) is 28.7 Å². The molecular formula is C35H36N5O7P. The summed E-state index contributed by atoms with van der Waals surface area (Å²) < 4.78 is 16.0. The molecule has 2 fully saturated rings. The van der Waals surface area contributed by atoms with Crippen molar-refractivity contribution in [2.75, 3.05) is 19.6 Å². The van der Waals surface area contributed by atoms with Crippen molar-refractivity contribution in [3.8, 4) is 5.75 Å². The number of fused-ring (bicyclic) bond motifs is 2. The third-order valence-electron chi connectivity index (χ3n) is 8.52. The Labute approximate surface area is 278 Å². The maximum absolute atomic E-state index is 14.3. The molecule has 48 heavy (non-hydrogen) atoms. The van der Waals surface area contributed by atoms with Crippen LogP contribution in [0.15, 0.2) is 110 Å². The Morgan fingerprint density at radius 1 is 0.958 bits per heavy atom. The van der Waals surface area contributed by atoms with Gasteiger partial charge in [-0.2, -0.15) is 5.01 Å². The van der Waals surface area contributed by atoms with Crippen LogP contribution in [0.3, 0.4) is 0 Å². The number of carbonyl (C=O) groups is 3. The Kier molecular flexibility index (Phi) is 9.61. The largest absolute Gasteiger partial charge is 0.524 e. The van der Waals surface area contributed by atoms with Crippen molar-refractivity contribution in [3.05, 3.63) is 126 Å². The summed E-state index contributed by atoms with van der Waals surface area (Å²) in [5.41, 5.74) is 2.53. The van der Waals surface area contributed by atoms with Crippen molar-refractivity contribution in [2.24, 2.45) is 0 Å². The molecule has 4 aromatic carbocycles. The summed E-state index contributed by atoms with van der Waals surface area (Å²) in [5, 5.41) is 8.17. The van der Waals surface area contributed by atoms with Gasteiger partial charge in [0.1, 0.15) is 18.0 Å². The molecule has 0 unspecified atom stereocenters. The van der Waals surface area contributed by atoms with Crippen LogP contribution in [-0.4, -0.2) is 79.3 Å². The molecule has 2 atom stereocenters. The molecule has 0 saturated carbocycles. The van der Waals surface area contributed by atoms with Gasteiger partial charge in [0.2, 0.25) is 11.8 Å². The lowest BCUT2D eigenvalue weighted by molar-refractivity contribution is -0.157. The molecular weight excluding hydrogens is 633 g/mol. The van der Waals surface area contributed by atoms with Crippen LogP contribution >= 0.6 is 7.82 Å². The summed E-state index contributed by atoms with van der Waals surface area (Å²) in [4.78, 5) is 63.3. The van der Waals surface area contributed by atoms with E-state index in [0.717, 1.165) is 21.9 Å². The van der Waals surface area contributed by atoms with Crippen LogP contribution < -0.4 is 9.84 Å². The molecule has 4 aromatic rings. The minimum atomic E-state index is -4.75. The van der Waals surface area contributed by atoms with Gasteiger partial charge in [0.25, 0.3) is 0 Å². The van der Waals surface area contributed by atoms with E-state index >= 15 is 0 Å². The van der Waals surface area contributed by atoms with Gasteiger partial charge in [0.05, 0.1) is 19.6 Å². The number of rotatable bonds is 11. The van der Waals surface area contributed by atoms with E-state index in [1.54, 1.807) is 33.0 Å². The highest BCUT2D eigenvalue weighted by Crippen LogP contribution is 2.38. The second kappa shape index (κ2) is 14.0. The van der Waals surface area contributed by atoms with Gasteiger partial charge in [-0.25, -0.2) is 9.36 Å². The van der Waals surface area contributed by atoms with Gasteiger partial charge in [-0.05, 0) is 39.6 Å². The van der Waals surface area contributed by atoms with E-state index in [-0.39, 0.29) is 43.6 Å². The zero-order chi connectivity index (χ0) is 33.8. The van der Waals surface area contributed by atoms with E-state index in [2.05, 4.69) is 16.4 Å². The van der Waals surface area contributed by atoms with Gasteiger partial charge in [-0.3, -0.25) is 24.4 Å². The summed E-state index contributed by atoms with van der Waals surface area (Å²) in [7, 11) is -4.75. The van der Waals surface area contributed by atoms with Crippen LogP contribution in [0, 0.1) is 0 Å². The summed E-state index contributed by atoms with van der Waals surface area (Å²) in [6, 6.07) is 28.1. The van der Waals surface area contributed by atoms with Gasteiger partial charge >= 0.3 is 13.9 Å². The summed E-state index contributed by atoms with van der Waals surface area (Å²) in [5.74, 6) is -0.564. The van der Waals surface area contributed by atoms with Crippen molar-refractivity contribution in [1.82, 2.24) is 25.1 Å². The number of hydrogen-bond acceptors (Lipinski definition) is 6. The Bertz CT molecular complexity index is 1860. The lowest BCUT2D eigenvalue weighted by atomic mass is 9.99. The number of urea groups is 1. The Balaban J connectivity index is 1.31. The van der Waals surface area contributed by atoms with E-state index in [1.165, 1.54) is 17.1 Å². The number of piperazine rings is 1. The fraction of sp³-hybridized carbons (Fsp3) is 0.229. The quantitative estimate of drug-likeness (QED) is 0.161. The Morgan fingerprint density at radius 2 is 1.67 bits per heavy atom. The molecule has 0 aromatic heterocycles. The first-order valence-corrected chi connectivity index (χ1v) is 17.0. The van der Waals surface area contributed by atoms with Crippen LogP contribution in [0.4, 0.5) is 4.79 Å². The molecule has 0 aliphatic carbocycles. The first-order chi connectivity index (χ1) is 23.1. The van der Waals surface area contributed by atoms with Gasteiger partial charge in [-0.1, -0.05) is 91.0 Å². The fourth-order valence-corrected chi connectivity index (χ4v) is 6.76. The van der Waals surface area contributed by atoms with E-state index in [0.29, 0.717) is 18.7 Å². The summed E-state index contributed by atoms with van der Waals surface area (Å²) in [6.07, 6.45) is 1.09. The molecule has 2 aliphatic heterocycles. The highest BCUT2D eigenvalue weighted by atomic mass is 31.2. The molecule has 4 amide bonds. The number of hydrogen-bond donors (Lipinski definition) is 3. The highest BCUT2D eigenvalue weighted by Gasteiger charge is 2.52. The molecule has 0 spiro atoms. The SMILES string of the molecule is C=CCN(C(=O)NCc1ccccc1)N1CC(=O)N2[C@@H](Cc3ccc(OP(=O)(O)O)cc3)C(=O)N(Cc3cccc4ccccc34)C[C@@H]21. The number of phosphoric ester groups is 1. The normalized spacial score (nSPS) is 18.1. The minimum absolute atomic E-state index is 0.0254. The molecule has 0 bridgehead atoms. The van der Waals surface area contributed by atoms with Gasteiger partial charge in [0, 0.05) is 19.5 Å². The molecule has 0 radical (unpaired) electrons. The first-order valence-electron chi connectivity index (χ1n) is 15.5. The summed E-state index contributed by atoms with van der Waals surface area (Å²) in [6.45, 7) is 4.61. The first kappa shape index (κ1) is 32.9. The number of carbonyl (C=O) groups excluding carboxylic acids is 3. The van der Waals surface area contributed by atoms with Gasteiger partial charge in [0.15, 0.2) is 0 Å². The fourth-order valence-electron chi connectivity index (χ4n) is 6.36. The third kappa shape index (κ3) is 7.27. The maximum Gasteiger partial charge on any atom is 0.524 e. The number of benzene rings is 4. The predicted octanol–water partition coefficient (Wildman–Crippen LogP) is 4.05. The number of phosphoric acid groups is 1. The topological polar surface area (TPSA) is 143 Å². The minimum Gasteiger partial charge on any atom is -0.404 e. The second-order valence-corrected chi connectivity index (χ2v) is 12.9. The van der Waals surface area contributed by atoms with Crippen molar-refractivity contribution in [3.63, 3.8) is 0 Å². The van der Waals surface area contributed by atoms with Crippen LogP contribution in [0.1, 0.15) is 16.7 Å². The smallest absolute Gasteiger partial charge is 0.404 e. The second-order valence-electron chi connectivity index (χ2n) is 11.7. The molecule has 3 N–H and O–H groups in total. The van der Waals surface area contributed by atoms with Crippen molar-refractivity contribution in [2.45, 2.75) is 31.7 Å². The van der Waals surface area contributed by atoms with Crippen LogP contribution in [0.2, 0.25) is 0 Å². The molecule has 13 heteroatoms. The van der Waals surface area contributed by atoms with E-state index in [4.69, 9.17) is 0 Å². The number of hydrazine groups is 1. The average molecular weight is 670 g/mol. The molecule has 12 nitrogen and oxygen atoms in total. The zero-order valence-electron chi connectivity index (χ0n) is 26.1. The lowest BCUT2D eigenvalue weighted by Crippen LogP contribution is -2.66. The lowest BCUT2D eigenvalue weighted by Gasteiger charge is -2.46. The Morgan fingerprint density at radius 3 is 2.40 bits per heavy atom. The standard InChI is InChI=1S/C35H36N5O7P/c1-2-19-38(35(43)36-21-26-9-4-3-5-10-26)39-24-33(41)40-31(20-25-15-17-29(18-16-25)47-48(44,45)46)34(42)37(23-32(39)40)22-28-13-8-12-27-11-6-7-14-30(27)28/h2-18,31-32H,1,19-24H2,(H,36,43)(H2,44,45,46)/t31-,32+/m0/s1. The van der Waals surface area contributed by atoms with E-state index in [1.807, 2.05) is 72.8 Å². The third-order valence-corrected chi connectivity index (χ3v) is 8.97. The summed E-state index contributed by atoms with van der Waals surface area (Å²) >= 11 is 0. The van der Waals surface area contributed by atoms with Gasteiger partial charge in [-0.15, -0.1) is 6.58 Å². The van der Waals surface area contributed by atoms with Crippen LogP contribution in [0.5, 0.6) is 5.75 Å². The van der Waals surface area contributed by atoms with Crippen LogP contribution in [-0.2, 0) is 33.7 Å². The molecule has 2 aliphatic rings. The predicted molar refractivity (Wildman–Crippen MR) is 179 cm³/mol. The Hall–Kier alpha value is -5.00. The van der Waals surface area contributed by atoms with E-state index < -0.39 is 26.1 Å². The molecule has 2 heterocycles. The van der Waals surface area contributed by atoms with Crippen LogP contribution in [0.25, 0.3) is 10.8 Å². The number of amides is 4. The molecule has 6 rings (SSSR count). The maximum atomic E-state index is 14.3. The van der Waals surface area contributed by atoms with Crippen molar-refractivity contribution < 1.29 is 33.3 Å². The van der Waals surface area contributed by atoms with Crippen molar-refractivity contribution >= 4 is 36.4 Å². The van der Waals surface area contributed by atoms with Gasteiger partial charge < -0.3 is 19.6 Å².